The Bertz CT molecular complexity index is 4870. The molecule has 4 saturated carbocycles. The number of amides is 8. The van der Waals surface area contributed by atoms with Crippen LogP contribution in [0.5, 0.6) is 34.8 Å². The normalized spacial score (nSPS) is 27.5. The number of benzene rings is 2. The van der Waals surface area contributed by atoms with Crippen molar-refractivity contribution in [2.45, 2.75) is 280 Å². The fraction of sp³-hybridized carbons (Fsp3) is 0.643. The lowest BCUT2D eigenvalue weighted by atomic mass is 10.0. The Kier molecular flexibility index (Phi) is 30.3. The molecule has 8 amide bonds. The zero-order valence-electron chi connectivity index (χ0n) is 68.7. The largest absolute Gasteiger partial charge is 0.496 e. The van der Waals surface area contributed by atoms with Crippen molar-refractivity contribution in [1.82, 2.24) is 55.4 Å². The van der Waals surface area contributed by atoms with E-state index in [0.717, 1.165) is 28.9 Å². The second-order valence-electron chi connectivity index (χ2n) is 33.8. The number of methoxy groups -OCH3 is 2. The molecule has 121 heavy (non-hydrogen) atoms. The van der Waals surface area contributed by atoms with Crippen LogP contribution in [0.1, 0.15) is 196 Å². The number of pyridine rings is 2. The molecule has 14 rings (SSSR count). The number of fused-ring (bicyclic) bond motifs is 6. The molecule has 10 aliphatic rings. The number of hydrogen-bond acceptors (Lipinski definition) is 22. The van der Waals surface area contributed by atoms with Crippen molar-refractivity contribution in [3.8, 4) is 34.8 Å². The van der Waals surface area contributed by atoms with Crippen LogP contribution >= 0.6 is 12.4 Å². The number of aryl methyl sites for hydroxylation is 2. The van der Waals surface area contributed by atoms with Gasteiger partial charge in [0.15, 0.2) is 0 Å². The van der Waals surface area contributed by atoms with Crippen LogP contribution in [0.25, 0.3) is 21.8 Å². The standard InChI is InChI=1S/C41H54F2N6O9S.C37H47N5O9S.C4H7F2N.2CH4.ClH/c1-24(2)57-33-20-32(28-13-14-31(56-5)25(3)34(28)45-33)58-27-19-30-35(50)46-41(37(52)47-59(54,55)39(4)15-16-39)21-26(41)11-9-7-6-8-10-12-29(36(51)49(30)22-27)44-38(53)48-18-17-40(42,43)23-48;1-22(2)50-31-18-30(26-13-14-29(49-5)23(3)32(26)39-31)51-25-17-28-33(44)40-37(35(46)41-52(47,48)36(4)15-16-36)19-24(37)11-9-7-6-8-10-12-27(38-21-43)34(45)42(28)20-25;5-4(6)1-2-7-3-4;;;/h9,11,13-14,20,24,26-27,29-30H,6-8,10,12,15-19,21-23H2,1-5H3,(H,44,53)(H,46,50)(H,47,52);9,11,13-14,18,22,24-25,27-28H,6-8,10,12,15-17,19-20H2,1-5H3,(H,40,44)(H,41,46);7H,1-3H2;2*1H4;1H/b2*11-9-;;;;/t26-,27-,29+,30+,41-;24-,25-,27+,28+,37-;;;;/m11..../s1. The first-order valence-corrected chi connectivity index (χ1v) is 43.7. The van der Waals surface area contributed by atoms with Crippen LogP contribution in [-0.4, -0.2) is 224 Å². The van der Waals surface area contributed by atoms with Crippen molar-refractivity contribution in [1.29, 1.82) is 0 Å². The minimum atomic E-state index is -4.04. The highest BCUT2D eigenvalue weighted by molar-refractivity contribution is 7.92. The van der Waals surface area contributed by atoms with Crippen LogP contribution < -0.4 is 59.1 Å². The molecule has 10 atom stereocenters. The van der Waals surface area contributed by atoms with Crippen molar-refractivity contribution in [2.75, 3.05) is 53.5 Å². The number of nitrogens with zero attached hydrogens (tertiary/aromatic N) is 6. The molecule has 4 aliphatic carbocycles. The average Bonchev–Trinajstić information content (AvgIpc) is 1.57. The first kappa shape index (κ1) is 95.7. The molecule has 2 aromatic carbocycles. The summed E-state index contributed by atoms with van der Waals surface area (Å²) in [5, 5.41) is 12.3. The Hall–Kier alpha value is -9.12. The van der Waals surface area contributed by atoms with E-state index in [-0.39, 0.29) is 110 Å². The van der Waals surface area contributed by atoms with E-state index in [9.17, 15) is 72.8 Å². The first-order chi connectivity index (χ1) is 55.8. The number of isocyanates is 1. The van der Waals surface area contributed by atoms with Gasteiger partial charge in [0.1, 0.15) is 70.5 Å². The van der Waals surface area contributed by atoms with Gasteiger partial charge in [-0.05, 0) is 157 Å². The van der Waals surface area contributed by atoms with Crippen LogP contribution in [0.15, 0.2) is 65.7 Å². The number of alkyl halides is 4. The summed E-state index contributed by atoms with van der Waals surface area (Å²) >= 11 is 0. The molecule has 0 unspecified atom stereocenters. The Balaban J connectivity index is 0.000000250. The van der Waals surface area contributed by atoms with E-state index < -0.39 is 155 Å². The smallest absolute Gasteiger partial charge is 0.318 e. The number of nitrogens with one attached hydrogen (secondary N) is 6. The number of ether oxygens (including phenoxy) is 6. The lowest BCUT2D eigenvalue weighted by Gasteiger charge is -2.30. The molecule has 0 spiro atoms. The zero-order valence-corrected chi connectivity index (χ0v) is 71.1. The van der Waals surface area contributed by atoms with Gasteiger partial charge in [-0.3, -0.25) is 38.2 Å². The minimum absolute atomic E-state index is 0. The Morgan fingerprint density at radius 2 is 1.07 bits per heavy atom. The number of aromatic nitrogens is 2. The SMILES string of the molecule is C.C.COc1ccc2c(O[C@@H]3C[C@H]4C(=O)N[C@]5(C(=O)NS(=O)(=O)C6(C)CC6)C[C@H]5/C=C\CCCCC[C@H](N=C=O)C(=O)N4C3)cc(OC(C)C)nc2c1C.COc1ccc2c(O[C@@H]3C[C@H]4C(=O)N[C@]5(C(=O)NS(=O)(=O)C6(C)CC6)C[C@H]5/C=C\CCCCC[C@H](NC(=O)N5CCC(F)(F)C5)C(=O)N4C3)cc(OC(C)C)nc2c1C.Cl.FC1(F)CCNC1. The lowest BCUT2D eigenvalue weighted by Crippen LogP contribution is -2.59. The molecule has 0 bridgehead atoms. The van der Waals surface area contributed by atoms with Crippen molar-refractivity contribution in [3.05, 3.63) is 71.8 Å². The molecule has 6 aliphatic heterocycles. The second-order valence-corrected chi connectivity index (χ2v) is 38.2. The molecule has 4 saturated heterocycles. The van der Waals surface area contributed by atoms with Gasteiger partial charge in [-0.2, -0.15) is 4.99 Å². The number of hydrogen-bond donors (Lipinski definition) is 6. The topological polar surface area (TPSA) is 380 Å². The van der Waals surface area contributed by atoms with E-state index in [1.165, 1.54) is 15.9 Å². The predicted molar refractivity (Wildman–Crippen MR) is 447 cm³/mol. The number of likely N-dealkylation sites (tertiary alicyclic amines) is 1. The Labute approximate surface area is 711 Å². The van der Waals surface area contributed by atoms with E-state index in [0.29, 0.717) is 128 Å². The van der Waals surface area contributed by atoms with Gasteiger partial charge in [0.05, 0.1) is 73.1 Å². The summed E-state index contributed by atoms with van der Waals surface area (Å²) in [5.74, 6) is -7.86. The number of sulfonamides is 2. The van der Waals surface area contributed by atoms with Crippen molar-refractivity contribution in [2.24, 2.45) is 16.8 Å². The molecule has 2 aromatic heterocycles. The summed E-state index contributed by atoms with van der Waals surface area (Å²) in [4.78, 5) is 127. The summed E-state index contributed by atoms with van der Waals surface area (Å²) in [6.07, 6.45) is 14.6. The summed E-state index contributed by atoms with van der Waals surface area (Å²) < 4.78 is 143. The summed E-state index contributed by atoms with van der Waals surface area (Å²) in [7, 11) is -4.90. The molecule has 6 N–H and O–H groups in total. The molecular weight excluding hydrogens is 1640 g/mol. The summed E-state index contributed by atoms with van der Waals surface area (Å²) in [6, 6.07) is 5.17. The third-order valence-electron chi connectivity index (χ3n) is 23.9. The number of aliphatic imine (C=N–C) groups is 1. The van der Waals surface area contributed by atoms with Gasteiger partial charge in [0.25, 0.3) is 23.7 Å². The second kappa shape index (κ2) is 38.3. The number of rotatable bonds is 18. The van der Waals surface area contributed by atoms with Gasteiger partial charge in [-0.1, -0.05) is 64.8 Å². The fourth-order valence-corrected chi connectivity index (χ4v) is 18.6. The highest BCUT2D eigenvalue weighted by atomic mass is 35.5. The average molecular weight is 1760 g/mol. The maximum atomic E-state index is 14.7. The number of carbonyl (C=O) groups excluding carboxylic acids is 8. The van der Waals surface area contributed by atoms with Gasteiger partial charge in [0.2, 0.25) is 61.5 Å². The van der Waals surface area contributed by atoms with Gasteiger partial charge >= 0.3 is 6.03 Å². The quantitative estimate of drug-likeness (QED) is 0.0233. The van der Waals surface area contributed by atoms with Crippen molar-refractivity contribution in [3.63, 3.8) is 0 Å². The van der Waals surface area contributed by atoms with Gasteiger partial charge < -0.3 is 64.4 Å². The highest BCUT2D eigenvalue weighted by Crippen LogP contribution is 2.50. The van der Waals surface area contributed by atoms with E-state index in [1.807, 2.05) is 78.0 Å². The van der Waals surface area contributed by atoms with Crippen LogP contribution in [-0.2, 0) is 53.6 Å². The Morgan fingerprint density at radius 3 is 1.46 bits per heavy atom. The molecule has 8 fully saturated rings. The molecule has 37 heteroatoms. The van der Waals surface area contributed by atoms with Crippen molar-refractivity contribution < 1.29 is 101 Å². The Morgan fingerprint density at radius 1 is 0.620 bits per heavy atom. The maximum Gasteiger partial charge on any atom is 0.318 e. The monoisotopic (exact) mass is 1760 g/mol. The summed E-state index contributed by atoms with van der Waals surface area (Å²) in [5.41, 5.74) is -0.426. The molecule has 30 nitrogen and oxygen atoms in total. The number of halogens is 5. The molecular formula is C84H117ClF4N12O18S2. The molecule has 0 radical (unpaired) electrons. The molecule has 668 valence electrons. The van der Waals surface area contributed by atoms with Gasteiger partial charge in [0, 0.05) is 84.6 Å². The van der Waals surface area contributed by atoms with E-state index in [4.69, 9.17) is 38.4 Å². The lowest BCUT2D eigenvalue weighted by molar-refractivity contribution is -0.141. The van der Waals surface area contributed by atoms with E-state index >= 15 is 0 Å². The predicted octanol–water partition coefficient (Wildman–Crippen LogP) is 10.6. The van der Waals surface area contributed by atoms with Crippen LogP contribution in [0.3, 0.4) is 0 Å². The van der Waals surface area contributed by atoms with Crippen LogP contribution in [0, 0.1) is 25.7 Å². The molecule has 8 heterocycles. The third-order valence-corrected chi connectivity index (χ3v) is 28.2. The minimum Gasteiger partial charge on any atom is -0.496 e. The van der Waals surface area contributed by atoms with Crippen molar-refractivity contribution >= 4 is 102 Å². The number of urea groups is 1. The van der Waals surface area contributed by atoms with E-state index in [1.54, 1.807) is 52.3 Å². The van der Waals surface area contributed by atoms with Crippen LogP contribution in [0.2, 0.25) is 0 Å². The van der Waals surface area contributed by atoms with Crippen LogP contribution in [0.4, 0.5) is 22.4 Å². The van der Waals surface area contributed by atoms with E-state index in [2.05, 4.69) is 35.7 Å². The van der Waals surface area contributed by atoms with Gasteiger partial charge in [-0.15, -0.1) is 12.4 Å². The zero-order chi connectivity index (χ0) is 85.2. The third kappa shape index (κ3) is 21.7. The summed E-state index contributed by atoms with van der Waals surface area (Å²) in [6.45, 7) is 13.6. The van der Waals surface area contributed by atoms with Gasteiger partial charge in [-0.25, -0.2) is 54.0 Å². The highest BCUT2D eigenvalue weighted by Gasteiger charge is 2.65. The number of carbonyl (C=O) groups is 7. The number of allylic oxidation sites excluding steroid dienone is 2. The molecule has 4 aromatic rings. The fourth-order valence-electron chi connectivity index (χ4n) is 16.0. The maximum absolute atomic E-state index is 14.7. The first-order valence-electron chi connectivity index (χ1n) is 40.7.